The van der Waals surface area contributed by atoms with Gasteiger partial charge in [0.25, 0.3) is 5.91 Å². The Labute approximate surface area is 166 Å². The molecule has 0 fully saturated rings. The summed E-state index contributed by atoms with van der Waals surface area (Å²) in [5, 5.41) is 12.6. The van der Waals surface area contributed by atoms with Crippen molar-refractivity contribution in [2.45, 2.75) is 20.3 Å². The van der Waals surface area contributed by atoms with Crippen LogP contribution in [0, 0.1) is 5.92 Å². The zero-order valence-electron chi connectivity index (χ0n) is 15.2. The highest BCUT2D eigenvalue weighted by Gasteiger charge is 2.15. The molecule has 0 aliphatic rings. The highest BCUT2D eigenvalue weighted by Crippen LogP contribution is 2.26. The first-order valence-electron chi connectivity index (χ1n) is 8.67. The Hall–Kier alpha value is -2.51. The van der Waals surface area contributed by atoms with Gasteiger partial charge in [0.05, 0.1) is 23.4 Å². The molecule has 5 nitrogen and oxygen atoms in total. The number of thiazole rings is 1. The highest BCUT2D eigenvalue weighted by atomic mass is 32.1. The molecule has 2 amide bonds. The van der Waals surface area contributed by atoms with Crippen molar-refractivity contribution in [1.29, 1.82) is 0 Å². The van der Waals surface area contributed by atoms with Crippen molar-refractivity contribution >= 4 is 40.2 Å². The SMILES string of the molecule is CC(C)CNC(=O)c1ccccc1NC(=O)Cc1csc(-c2ccsc2)n1. The second kappa shape index (κ2) is 8.92. The Balaban J connectivity index is 1.65. The van der Waals surface area contributed by atoms with Crippen molar-refractivity contribution in [3.8, 4) is 10.6 Å². The maximum absolute atomic E-state index is 12.4. The largest absolute Gasteiger partial charge is 0.352 e. The van der Waals surface area contributed by atoms with Crippen molar-refractivity contribution in [2.75, 3.05) is 11.9 Å². The molecule has 0 saturated carbocycles. The quantitative estimate of drug-likeness (QED) is 0.617. The van der Waals surface area contributed by atoms with E-state index >= 15 is 0 Å². The van der Waals surface area contributed by atoms with E-state index in [0.29, 0.717) is 23.7 Å². The van der Waals surface area contributed by atoms with Crippen molar-refractivity contribution in [2.24, 2.45) is 5.92 Å². The normalized spacial score (nSPS) is 10.8. The average Bonchev–Trinajstić information content (AvgIpc) is 3.31. The third-order valence-corrected chi connectivity index (χ3v) is 5.40. The van der Waals surface area contributed by atoms with Crippen LogP contribution in [0.3, 0.4) is 0 Å². The van der Waals surface area contributed by atoms with Crippen LogP contribution < -0.4 is 10.6 Å². The fourth-order valence-electron chi connectivity index (χ4n) is 2.45. The first kappa shape index (κ1) is 19.3. The van der Waals surface area contributed by atoms with E-state index in [9.17, 15) is 9.59 Å². The summed E-state index contributed by atoms with van der Waals surface area (Å²) in [5.41, 5.74) is 2.77. The second-order valence-corrected chi connectivity index (χ2v) is 8.17. The smallest absolute Gasteiger partial charge is 0.253 e. The van der Waals surface area contributed by atoms with Gasteiger partial charge in [-0.05, 0) is 29.5 Å². The summed E-state index contributed by atoms with van der Waals surface area (Å²) in [6.07, 6.45) is 0.169. The molecule has 0 aliphatic heterocycles. The van der Waals surface area contributed by atoms with Crippen molar-refractivity contribution in [3.05, 3.63) is 57.7 Å². The molecule has 2 N–H and O–H groups in total. The van der Waals surface area contributed by atoms with Gasteiger partial charge in [0.2, 0.25) is 5.91 Å². The molecule has 2 aromatic heterocycles. The Bertz CT molecular complexity index is 917. The van der Waals surface area contributed by atoms with E-state index in [-0.39, 0.29) is 18.2 Å². The van der Waals surface area contributed by atoms with Gasteiger partial charge in [-0.25, -0.2) is 4.98 Å². The van der Waals surface area contributed by atoms with Crippen LogP contribution >= 0.6 is 22.7 Å². The summed E-state index contributed by atoms with van der Waals surface area (Å²) in [6.45, 7) is 4.66. The molecule has 0 atom stereocenters. The van der Waals surface area contributed by atoms with Crippen LogP contribution in [0.15, 0.2) is 46.5 Å². The number of carbonyl (C=O) groups is 2. The van der Waals surface area contributed by atoms with Gasteiger partial charge in [-0.15, -0.1) is 11.3 Å². The lowest BCUT2D eigenvalue weighted by molar-refractivity contribution is -0.115. The van der Waals surface area contributed by atoms with E-state index in [2.05, 4.69) is 15.6 Å². The average molecular weight is 400 g/mol. The van der Waals surface area contributed by atoms with Crippen molar-refractivity contribution < 1.29 is 9.59 Å². The number of benzene rings is 1. The molecule has 0 saturated heterocycles. The minimum Gasteiger partial charge on any atom is -0.352 e. The molecule has 0 spiro atoms. The molecule has 140 valence electrons. The van der Waals surface area contributed by atoms with Gasteiger partial charge in [0.1, 0.15) is 5.01 Å². The Kier molecular flexibility index (Phi) is 6.36. The fraction of sp³-hybridized carbons (Fsp3) is 0.250. The first-order chi connectivity index (χ1) is 13.0. The molecule has 3 rings (SSSR count). The number of para-hydroxylation sites is 1. The van der Waals surface area contributed by atoms with E-state index in [1.165, 1.54) is 11.3 Å². The number of thiophene rings is 1. The third-order valence-electron chi connectivity index (χ3n) is 3.78. The summed E-state index contributed by atoms with van der Waals surface area (Å²) in [6, 6.07) is 9.04. The summed E-state index contributed by atoms with van der Waals surface area (Å²) in [4.78, 5) is 29.3. The topological polar surface area (TPSA) is 71.1 Å². The van der Waals surface area contributed by atoms with Crippen molar-refractivity contribution in [1.82, 2.24) is 10.3 Å². The number of rotatable bonds is 7. The van der Waals surface area contributed by atoms with E-state index in [4.69, 9.17) is 0 Å². The molecule has 27 heavy (non-hydrogen) atoms. The van der Waals surface area contributed by atoms with Gasteiger partial charge in [-0.2, -0.15) is 11.3 Å². The zero-order chi connectivity index (χ0) is 19.2. The summed E-state index contributed by atoms with van der Waals surface area (Å²) in [5.74, 6) is -0.0212. The van der Waals surface area contributed by atoms with Crippen LogP contribution in [0.4, 0.5) is 5.69 Å². The molecular formula is C20H21N3O2S2. The third kappa shape index (κ3) is 5.24. The van der Waals surface area contributed by atoms with Crippen LogP contribution in [-0.2, 0) is 11.2 Å². The zero-order valence-corrected chi connectivity index (χ0v) is 16.8. The summed E-state index contributed by atoms with van der Waals surface area (Å²) >= 11 is 3.14. The number of anilines is 1. The molecule has 0 bridgehead atoms. The molecule has 0 radical (unpaired) electrons. The van der Waals surface area contributed by atoms with Gasteiger partial charge in [-0.3, -0.25) is 9.59 Å². The lowest BCUT2D eigenvalue weighted by Crippen LogP contribution is -2.28. The molecule has 1 aromatic carbocycles. The van der Waals surface area contributed by atoms with E-state index in [1.807, 2.05) is 36.1 Å². The summed E-state index contributed by atoms with van der Waals surface area (Å²) < 4.78 is 0. The van der Waals surface area contributed by atoms with Crippen LogP contribution in [0.25, 0.3) is 10.6 Å². The van der Waals surface area contributed by atoms with E-state index in [1.54, 1.807) is 35.6 Å². The standard InChI is InChI=1S/C20H21N3O2S2/c1-13(2)10-21-19(25)16-5-3-4-6-17(16)23-18(24)9-15-12-27-20(22-15)14-7-8-26-11-14/h3-8,11-13H,9-10H2,1-2H3,(H,21,25)(H,23,24). The first-order valence-corrected chi connectivity index (χ1v) is 10.5. The molecule has 7 heteroatoms. The Morgan fingerprint density at radius 1 is 1.15 bits per heavy atom. The number of nitrogens with one attached hydrogen (secondary N) is 2. The van der Waals surface area contributed by atoms with E-state index < -0.39 is 0 Å². The van der Waals surface area contributed by atoms with Crippen molar-refractivity contribution in [3.63, 3.8) is 0 Å². The number of carbonyl (C=O) groups excluding carboxylic acids is 2. The molecule has 0 unspecified atom stereocenters. The molecular weight excluding hydrogens is 378 g/mol. The molecule has 0 aliphatic carbocycles. The predicted octanol–water partition coefficient (Wildman–Crippen LogP) is 4.44. The second-order valence-electron chi connectivity index (χ2n) is 6.53. The van der Waals surface area contributed by atoms with Gasteiger partial charge in [0.15, 0.2) is 0 Å². The van der Waals surface area contributed by atoms with Crippen LogP contribution in [-0.4, -0.2) is 23.3 Å². The van der Waals surface area contributed by atoms with Gasteiger partial charge < -0.3 is 10.6 Å². The number of hydrogen-bond acceptors (Lipinski definition) is 5. The number of hydrogen-bond donors (Lipinski definition) is 2. The van der Waals surface area contributed by atoms with Crippen LogP contribution in [0.1, 0.15) is 29.9 Å². The maximum atomic E-state index is 12.4. The van der Waals surface area contributed by atoms with Gasteiger partial charge >= 0.3 is 0 Å². The molecule has 3 aromatic rings. The van der Waals surface area contributed by atoms with E-state index in [0.717, 1.165) is 16.3 Å². The monoisotopic (exact) mass is 399 g/mol. The van der Waals surface area contributed by atoms with Gasteiger partial charge in [-0.1, -0.05) is 26.0 Å². The summed E-state index contributed by atoms with van der Waals surface area (Å²) in [7, 11) is 0. The number of nitrogens with zero attached hydrogens (tertiary/aromatic N) is 1. The highest BCUT2D eigenvalue weighted by molar-refractivity contribution is 7.14. The van der Waals surface area contributed by atoms with Crippen LogP contribution in [0.5, 0.6) is 0 Å². The van der Waals surface area contributed by atoms with Crippen LogP contribution in [0.2, 0.25) is 0 Å². The lowest BCUT2D eigenvalue weighted by atomic mass is 10.1. The Morgan fingerprint density at radius 2 is 1.96 bits per heavy atom. The number of amides is 2. The number of aromatic nitrogens is 1. The maximum Gasteiger partial charge on any atom is 0.253 e. The fourth-order valence-corrected chi connectivity index (χ4v) is 3.98. The predicted molar refractivity (Wildman–Crippen MR) is 111 cm³/mol. The minimum atomic E-state index is -0.193. The van der Waals surface area contributed by atoms with Gasteiger partial charge in [0, 0.05) is 22.9 Å². The Morgan fingerprint density at radius 3 is 2.70 bits per heavy atom. The minimum absolute atomic E-state index is 0.169. The lowest BCUT2D eigenvalue weighted by Gasteiger charge is -2.12. The molecule has 2 heterocycles.